The summed E-state index contributed by atoms with van der Waals surface area (Å²) in [5.41, 5.74) is 1.11. The molecule has 2 aliphatic rings. The van der Waals surface area contributed by atoms with Gasteiger partial charge in [0.05, 0.1) is 12.3 Å². The van der Waals surface area contributed by atoms with Gasteiger partial charge in [0.2, 0.25) is 10.0 Å². The van der Waals surface area contributed by atoms with Gasteiger partial charge in [-0.3, -0.25) is 0 Å². The van der Waals surface area contributed by atoms with Gasteiger partial charge >= 0.3 is 0 Å². The van der Waals surface area contributed by atoms with Crippen molar-refractivity contribution in [3.8, 4) is 0 Å². The predicted molar refractivity (Wildman–Crippen MR) is 101 cm³/mol. The van der Waals surface area contributed by atoms with E-state index in [1.54, 1.807) is 4.31 Å². The molecule has 0 bridgehead atoms. The summed E-state index contributed by atoms with van der Waals surface area (Å²) in [5, 5.41) is 0. The maximum absolute atomic E-state index is 12.3. The predicted octanol–water partition coefficient (Wildman–Crippen LogP) is 1.53. The van der Waals surface area contributed by atoms with Crippen molar-refractivity contribution in [1.82, 2.24) is 18.8 Å². The average Bonchev–Trinajstić information content (AvgIpc) is 3.26. The van der Waals surface area contributed by atoms with Gasteiger partial charge in [0.25, 0.3) is 0 Å². The molecular formula is C19H26N4O2S. The summed E-state index contributed by atoms with van der Waals surface area (Å²) in [5.74, 6) is 1.85. The zero-order valence-corrected chi connectivity index (χ0v) is 16.1. The molecule has 0 aliphatic carbocycles. The van der Waals surface area contributed by atoms with Gasteiger partial charge in [-0.1, -0.05) is 30.3 Å². The van der Waals surface area contributed by atoms with Crippen LogP contribution in [0.4, 0.5) is 0 Å². The summed E-state index contributed by atoms with van der Waals surface area (Å²) in [6, 6.07) is 10.0. The first-order valence-corrected chi connectivity index (χ1v) is 11.0. The quantitative estimate of drug-likeness (QED) is 0.796. The molecule has 1 aromatic heterocycles. The number of imidazole rings is 1. The summed E-state index contributed by atoms with van der Waals surface area (Å²) in [7, 11) is -1.19. The number of sulfonamides is 1. The zero-order valence-electron chi connectivity index (χ0n) is 15.3. The molecular weight excluding hydrogens is 348 g/mol. The highest BCUT2D eigenvalue weighted by Gasteiger charge is 2.50. The molecule has 0 saturated carbocycles. The Hall–Kier alpha value is -1.70. The number of hydrogen-bond acceptors (Lipinski definition) is 4. The lowest BCUT2D eigenvalue weighted by Crippen LogP contribution is -2.35. The second-order valence-electron chi connectivity index (χ2n) is 7.58. The van der Waals surface area contributed by atoms with Crippen molar-refractivity contribution in [3.05, 3.63) is 54.1 Å². The molecule has 0 N–H and O–H groups in total. The van der Waals surface area contributed by atoms with E-state index in [1.807, 2.05) is 37.6 Å². The molecule has 2 aliphatic heterocycles. The van der Waals surface area contributed by atoms with E-state index in [0.717, 1.165) is 37.4 Å². The minimum atomic E-state index is -3.21. The van der Waals surface area contributed by atoms with E-state index < -0.39 is 10.0 Å². The third kappa shape index (κ3) is 3.31. The highest BCUT2D eigenvalue weighted by molar-refractivity contribution is 7.88. The SMILES string of the molecule is Cn1ccnc1CCN1C[C@@H]2CN(S(C)(=O)=O)[C@@H](c3ccccc3)[C@@H]2C1. The molecule has 0 amide bonds. The number of benzene rings is 1. The minimum Gasteiger partial charge on any atom is -0.338 e. The fourth-order valence-corrected chi connectivity index (χ4v) is 5.73. The molecule has 2 saturated heterocycles. The molecule has 3 atom stereocenters. The van der Waals surface area contributed by atoms with Crippen LogP contribution < -0.4 is 0 Å². The molecule has 2 fully saturated rings. The number of aromatic nitrogens is 2. The van der Waals surface area contributed by atoms with Crippen LogP contribution in [0.5, 0.6) is 0 Å². The van der Waals surface area contributed by atoms with E-state index in [1.165, 1.54) is 6.26 Å². The van der Waals surface area contributed by atoms with Crippen LogP contribution in [0.3, 0.4) is 0 Å². The molecule has 4 rings (SSSR count). The van der Waals surface area contributed by atoms with Gasteiger partial charge in [0.15, 0.2) is 0 Å². The van der Waals surface area contributed by atoms with E-state index in [2.05, 4.69) is 26.6 Å². The van der Waals surface area contributed by atoms with Gasteiger partial charge in [-0.15, -0.1) is 0 Å². The largest absolute Gasteiger partial charge is 0.338 e. The van der Waals surface area contributed by atoms with Crippen molar-refractivity contribution in [1.29, 1.82) is 0 Å². The third-order valence-electron chi connectivity index (χ3n) is 5.84. The maximum Gasteiger partial charge on any atom is 0.211 e. The molecule has 6 nitrogen and oxygen atoms in total. The zero-order chi connectivity index (χ0) is 18.3. The summed E-state index contributed by atoms with van der Waals surface area (Å²) in [4.78, 5) is 6.88. The monoisotopic (exact) mass is 374 g/mol. The van der Waals surface area contributed by atoms with E-state index in [9.17, 15) is 8.42 Å². The van der Waals surface area contributed by atoms with Crippen LogP contribution in [-0.4, -0.2) is 59.6 Å². The Morgan fingerprint density at radius 1 is 1.15 bits per heavy atom. The molecule has 1 aromatic carbocycles. The van der Waals surface area contributed by atoms with Crippen molar-refractivity contribution in [2.75, 3.05) is 32.4 Å². The smallest absolute Gasteiger partial charge is 0.211 e. The standard InChI is InChI=1S/C19H26N4O2S/c1-21-11-9-20-18(21)8-10-22-12-16-13-23(26(2,24)25)19(17(16)14-22)15-6-4-3-5-7-15/h3-7,9,11,16-17,19H,8,10,12-14H2,1-2H3/t16-,17-,19+/m1/s1. The third-order valence-corrected chi connectivity index (χ3v) is 7.07. The van der Waals surface area contributed by atoms with Crippen LogP contribution in [0, 0.1) is 11.8 Å². The van der Waals surface area contributed by atoms with Crippen molar-refractivity contribution >= 4 is 10.0 Å². The van der Waals surface area contributed by atoms with Crippen molar-refractivity contribution in [2.24, 2.45) is 18.9 Å². The summed E-state index contributed by atoms with van der Waals surface area (Å²) in [6.45, 7) is 3.51. The molecule has 0 spiro atoms. The van der Waals surface area contributed by atoms with E-state index in [-0.39, 0.29) is 6.04 Å². The highest BCUT2D eigenvalue weighted by Crippen LogP contribution is 2.45. The van der Waals surface area contributed by atoms with Crippen molar-refractivity contribution in [3.63, 3.8) is 0 Å². The van der Waals surface area contributed by atoms with Gasteiger partial charge in [0.1, 0.15) is 5.82 Å². The molecule has 3 heterocycles. The number of nitrogens with zero attached hydrogens (tertiary/aromatic N) is 4. The van der Waals surface area contributed by atoms with Gasteiger partial charge < -0.3 is 9.47 Å². The van der Waals surface area contributed by atoms with Gasteiger partial charge in [-0.2, -0.15) is 4.31 Å². The van der Waals surface area contributed by atoms with Crippen LogP contribution in [0.1, 0.15) is 17.4 Å². The van der Waals surface area contributed by atoms with E-state index in [0.29, 0.717) is 18.4 Å². The number of likely N-dealkylation sites (tertiary alicyclic amines) is 1. The maximum atomic E-state index is 12.3. The molecule has 7 heteroatoms. The minimum absolute atomic E-state index is 0.0469. The van der Waals surface area contributed by atoms with E-state index >= 15 is 0 Å². The molecule has 140 valence electrons. The van der Waals surface area contributed by atoms with Crippen molar-refractivity contribution < 1.29 is 8.42 Å². The van der Waals surface area contributed by atoms with Crippen molar-refractivity contribution in [2.45, 2.75) is 12.5 Å². The number of fused-ring (bicyclic) bond motifs is 1. The van der Waals surface area contributed by atoms with Crippen LogP contribution in [0.15, 0.2) is 42.7 Å². The topological polar surface area (TPSA) is 58.4 Å². The van der Waals surface area contributed by atoms with Crippen LogP contribution in [0.25, 0.3) is 0 Å². The lowest BCUT2D eigenvalue weighted by atomic mass is 9.90. The number of hydrogen-bond donors (Lipinski definition) is 0. The summed E-state index contributed by atoms with van der Waals surface area (Å²) in [6.07, 6.45) is 6.07. The normalized spacial score (nSPS) is 27.1. The fraction of sp³-hybridized carbons (Fsp3) is 0.526. The summed E-state index contributed by atoms with van der Waals surface area (Å²) < 4.78 is 28.5. The van der Waals surface area contributed by atoms with Crippen LogP contribution >= 0.6 is 0 Å². The molecule has 26 heavy (non-hydrogen) atoms. The Kier molecular flexibility index (Phi) is 4.62. The lowest BCUT2D eigenvalue weighted by molar-refractivity contribution is 0.267. The molecule has 2 aromatic rings. The Labute approximate surface area is 155 Å². The van der Waals surface area contributed by atoms with Crippen LogP contribution in [-0.2, 0) is 23.5 Å². The Morgan fingerprint density at radius 3 is 2.58 bits per heavy atom. The van der Waals surface area contributed by atoms with Crippen LogP contribution in [0.2, 0.25) is 0 Å². The van der Waals surface area contributed by atoms with E-state index in [4.69, 9.17) is 0 Å². The number of aryl methyl sites for hydroxylation is 1. The first kappa shape index (κ1) is 17.7. The lowest BCUT2D eigenvalue weighted by Gasteiger charge is -2.28. The second-order valence-corrected chi connectivity index (χ2v) is 9.51. The van der Waals surface area contributed by atoms with Gasteiger partial charge in [0, 0.05) is 52.0 Å². The second kappa shape index (κ2) is 6.79. The Bertz CT molecular complexity index is 865. The molecule has 0 radical (unpaired) electrons. The fourth-order valence-electron chi connectivity index (χ4n) is 4.58. The summed E-state index contributed by atoms with van der Waals surface area (Å²) >= 11 is 0. The Balaban J connectivity index is 1.51. The first-order chi connectivity index (χ1) is 12.4. The van der Waals surface area contributed by atoms with Gasteiger partial charge in [-0.05, 0) is 17.4 Å². The number of rotatable bonds is 5. The highest BCUT2D eigenvalue weighted by atomic mass is 32.2. The Morgan fingerprint density at radius 2 is 1.92 bits per heavy atom. The van der Waals surface area contributed by atoms with Gasteiger partial charge in [-0.25, -0.2) is 13.4 Å². The first-order valence-electron chi connectivity index (χ1n) is 9.14. The average molecular weight is 375 g/mol. The molecule has 0 unspecified atom stereocenters.